The maximum atomic E-state index is 5.91. The number of fused-ring (bicyclic) bond motifs is 1. The van der Waals surface area contributed by atoms with Crippen molar-refractivity contribution in [3.63, 3.8) is 0 Å². The lowest BCUT2D eigenvalue weighted by atomic mass is 10.3. The van der Waals surface area contributed by atoms with Gasteiger partial charge in [-0.05, 0) is 18.2 Å². The molecule has 0 aliphatic carbocycles. The number of nitrogens with one attached hydrogen (secondary N) is 1. The van der Waals surface area contributed by atoms with Crippen LogP contribution in [-0.2, 0) is 6.54 Å². The maximum Gasteiger partial charge on any atom is 0.184 e. The summed E-state index contributed by atoms with van der Waals surface area (Å²) in [7, 11) is 0. The number of benzene rings is 1. The number of hydrogen-bond acceptors (Lipinski definition) is 5. The van der Waals surface area contributed by atoms with Gasteiger partial charge in [-0.1, -0.05) is 28.1 Å². The lowest BCUT2D eigenvalue weighted by Gasteiger charge is -1.96. The normalized spacial score (nSPS) is 10.9. The average Bonchev–Trinajstić information content (AvgIpc) is 2.94. The summed E-state index contributed by atoms with van der Waals surface area (Å²) in [6, 6.07) is 7.51. The van der Waals surface area contributed by atoms with Gasteiger partial charge in [-0.3, -0.25) is 0 Å². The summed E-state index contributed by atoms with van der Waals surface area (Å²) in [6.07, 6.45) is 1.55. The van der Waals surface area contributed by atoms with Gasteiger partial charge in [0.05, 0.1) is 16.8 Å². The minimum Gasteiger partial charge on any atom is -0.364 e. The topological polar surface area (TPSA) is 51.0 Å². The Morgan fingerprint density at radius 1 is 1.35 bits per heavy atom. The third kappa shape index (κ3) is 2.25. The number of anilines is 1. The summed E-state index contributed by atoms with van der Waals surface area (Å²) < 4.78 is 5.86. The fourth-order valence-corrected chi connectivity index (χ4v) is 2.48. The van der Waals surface area contributed by atoms with Gasteiger partial charge < -0.3 is 9.84 Å². The molecule has 0 aliphatic heterocycles. The fraction of sp³-hybridized carbons (Fsp3) is 0.0909. The van der Waals surface area contributed by atoms with Gasteiger partial charge in [0, 0.05) is 11.1 Å². The molecule has 0 saturated carbocycles. The minimum absolute atomic E-state index is 0.601. The molecule has 2 heterocycles. The van der Waals surface area contributed by atoms with Crippen LogP contribution < -0.4 is 5.32 Å². The molecule has 0 unspecified atom stereocenters. The van der Waals surface area contributed by atoms with Gasteiger partial charge in [0.2, 0.25) is 0 Å². The molecule has 0 bridgehead atoms. The van der Waals surface area contributed by atoms with Gasteiger partial charge in [-0.2, -0.15) is 0 Å². The third-order valence-electron chi connectivity index (χ3n) is 2.26. The monoisotopic (exact) mass is 265 g/mol. The molecular formula is C11H8ClN3OS. The lowest BCUT2D eigenvalue weighted by molar-refractivity contribution is 0.412. The molecule has 0 radical (unpaired) electrons. The Morgan fingerprint density at radius 2 is 2.29 bits per heavy atom. The van der Waals surface area contributed by atoms with Crippen LogP contribution in [0.4, 0.5) is 5.13 Å². The lowest BCUT2D eigenvalue weighted by Crippen LogP contribution is -1.98. The summed E-state index contributed by atoms with van der Waals surface area (Å²) in [4.78, 5) is 4.44. The summed E-state index contributed by atoms with van der Waals surface area (Å²) in [5, 5.41) is 8.57. The van der Waals surface area contributed by atoms with Crippen molar-refractivity contribution in [1.29, 1.82) is 0 Å². The highest BCUT2D eigenvalue weighted by Gasteiger charge is 2.04. The largest absolute Gasteiger partial charge is 0.364 e. The molecule has 0 spiro atoms. The maximum absolute atomic E-state index is 5.91. The van der Waals surface area contributed by atoms with Crippen LogP contribution in [0, 0.1) is 0 Å². The van der Waals surface area contributed by atoms with Crippen LogP contribution in [-0.4, -0.2) is 10.1 Å². The molecule has 0 aliphatic rings. The Labute approximate surface area is 106 Å². The van der Waals surface area contributed by atoms with E-state index in [2.05, 4.69) is 15.5 Å². The summed E-state index contributed by atoms with van der Waals surface area (Å²) >= 11 is 7.50. The van der Waals surface area contributed by atoms with Crippen LogP contribution in [0.25, 0.3) is 10.2 Å². The molecule has 4 nitrogen and oxygen atoms in total. The molecule has 1 N–H and O–H groups in total. The number of hydrogen-bond donors (Lipinski definition) is 1. The second kappa shape index (κ2) is 4.35. The molecule has 86 valence electrons. The zero-order chi connectivity index (χ0) is 11.7. The average molecular weight is 266 g/mol. The molecule has 0 saturated heterocycles. The molecule has 0 amide bonds. The highest BCUT2D eigenvalue weighted by Crippen LogP contribution is 2.28. The zero-order valence-electron chi connectivity index (χ0n) is 8.68. The van der Waals surface area contributed by atoms with E-state index in [-0.39, 0.29) is 0 Å². The van der Waals surface area contributed by atoms with Gasteiger partial charge >= 0.3 is 0 Å². The first-order valence-corrected chi connectivity index (χ1v) is 6.20. The molecule has 2 aromatic heterocycles. The van der Waals surface area contributed by atoms with E-state index in [9.17, 15) is 0 Å². The van der Waals surface area contributed by atoms with Gasteiger partial charge in [-0.25, -0.2) is 4.98 Å². The van der Waals surface area contributed by atoms with Crippen LogP contribution in [0.5, 0.6) is 0 Å². The highest BCUT2D eigenvalue weighted by molar-refractivity contribution is 7.22. The number of rotatable bonds is 3. The van der Waals surface area contributed by atoms with Crippen LogP contribution in [0.2, 0.25) is 5.02 Å². The summed E-state index contributed by atoms with van der Waals surface area (Å²) in [5.74, 6) is 0. The van der Waals surface area contributed by atoms with Gasteiger partial charge in [0.25, 0.3) is 0 Å². The van der Waals surface area contributed by atoms with Gasteiger partial charge in [0.15, 0.2) is 5.13 Å². The van der Waals surface area contributed by atoms with Crippen LogP contribution in [0.1, 0.15) is 5.69 Å². The summed E-state index contributed by atoms with van der Waals surface area (Å²) in [5.41, 5.74) is 1.76. The van der Waals surface area contributed by atoms with Gasteiger partial charge in [0.1, 0.15) is 12.0 Å². The Bertz CT molecular complexity index is 635. The van der Waals surface area contributed by atoms with E-state index in [1.165, 1.54) is 0 Å². The number of aromatic nitrogens is 2. The van der Waals surface area contributed by atoms with Gasteiger partial charge in [-0.15, -0.1) is 0 Å². The van der Waals surface area contributed by atoms with E-state index in [1.54, 1.807) is 17.6 Å². The number of thiazole rings is 1. The molecule has 0 atom stereocenters. The predicted molar refractivity (Wildman–Crippen MR) is 68.5 cm³/mol. The fourth-order valence-electron chi connectivity index (χ4n) is 1.47. The van der Waals surface area contributed by atoms with Crippen LogP contribution in [0.15, 0.2) is 35.1 Å². The Morgan fingerprint density at radius 3 is 3.12 bits per heavy atom. The van der Waals surface area contributed by atoms with Crippen molar-refractivity contribution in [2.45, 2.75) is 6.54 Å². The second-order valence-corrected chi connectivity index (χ2v) is 4.94. The van der Waals surface area contributed by atoms with E-state index in [1.807, 2.05) is 24.3 Å². The zero-order valence-corrected chi connectivity index (χ0v) is 10.3. The van der Waals surface area contributed by atoms with Crippen LogP contribution in [0.3, 0.4) is 0 Å². The first-order chi connectivity index (χ1) is 8.31. The first-order valence-electron chi connectivity index (χ1n) is 5.00. The number of halogens is 1. The minimum atomic E-state index is 0.601. The van der Waals surface area contributed by atoms with Crippen molar-refractivity contribution in [2.75, 3.05) is 5.32 Å². The molecular weight excluding hydrogens is 258 g/mol. The standard InChI is InChI=1S/C11H8ClN3OS/c12-7-1-2-10-9(5-7)14-11(17-10)13-6-8-3-4-16-15-8/h1-5H,6H2,(H,13,14). The van der Waals surface area contributed by atoms with Crippen LogP contribution >= 0.6 is 22.9 Å². The van der Waals surface area contributed by atoms with E-state index in [0.29, 0.717) is 11.6 Å². The molecule has 3 rings (SSSR count). The SMILES string of the molecule is Clc1ccc2sc(NCc3ccon3)nc2c1. The predicted octanol–water partition coefficient (Wildman–Crippen LogP) is 3.55. The Hall–Kier alpha value is -1.59. The van der Waals surface area contributed by atoms with Crippen molar-refractivity contribution in [3.05, 3.63) is 41.2 Å². The van der Waals surface area contributed by atoms with Crippen molar-refractivity contribution >= 4 is 38.3 Å². The first kappa shape index (κ1) is 10.6. The molecule has 1 aromatic carbocycles. The van der Waals surface area contributed by atoms with Crippen molar-refractivity contribution in [3.8, 4) is 0 Å². The third-order valence-corrected chi connectivity index (χ3v) is 3.49. The van der Waals surface area contributed by atoms with E-state index >= 15 is 0 Å². The molecule has 3 aromatic rings. The smallest absolute Gasteiger partial charge is 0.184 e. The quantitative estimate of drug-likeness (QED) is 0.787. The molecule has 17 heavy (non-hydrogen) atoms. The Balaban J connectivity index is 1.81. The van der Waals surface area contributed by atoms with Crippen molar-refractivity contribution < 1.29 is 4.52 Å². The van der Waals surface area contributed by atoms with E-state index < -0.39 is 0 Å². The molecule has 6 heteroatoms. The summed E-state index contributed by atoms with van der Waals surface area (Å²) in [6.45, 7) is 0.601. The second-order valence-electron chi connectivity index (χ2n) is 3.48. The number of nitrogens with zero attached hydrogens (tertiary/aromatic N) is 2. The molecule has 0 fully saturated rings. The Kier molecular flexibility index (Phi) is 2.70. The van der Waals surface area contributed by atoms with E-state index in [4.69, 9.17) is 16.1 Å². The van der Waals surface area contributed by atoms with Crippen molar-refractivity contribution in [2.24, 2.45) is 0 Å². The van der Waals surface area contributed by atoms with E-state index in [0.717, 1.165) is 21.0 Å². The van der Waals surface area contributed by atoms with Crippen molar-refractivity contribution in [1.82, 2.24) is 10.1 Å². The highest BCUT2D eigenvalue weighted by atomic mass is 35.5.